The number of rotatable bonds is 3. The zero-order valence-corrected chi connectivity index (χ0v) is 8.80. The number of halogens is 2. The molecule has 0 aliphatic carbocycles. The Kier molecular flexibility index (Phi) is 3.29. The van der Waals surface area contributed by atoms with Crippen LogP contribution in [-0.4, -0.2) is 17.1 Å². The van der Waals surface area contributed by atoms with Crippen molar-refractivity contribution in [3.8, 4) is 5.75 Å². The molecule has 0 bridgehead atoms. The van der Waals surface area contributed by atoms with E-state index in [1.807, 2.05) is 6.92 Å². The number of alkyl halides is 2. The monoisotopic (exact) mass is 215 g/mol. The highest BCUT2D eigenvalue weighted by Crippen LogP contribution is 2.25. The van der Waals surface area contributed by atoms with Gasteiger partial charge in [-0.15, -0.1) is 0 Å². The van der Waals surface area contributed by atoms with E-state index in [0.717, 1.165) is 5.56 Å². The summed E-state index contributed by atoms with van der Waals surface area (Å²) < 4.78 is 25.0. The molecule has 0 saturated carbocycles. The maximum atomic E-state index is 12.5. The van der Waals surface area contributed by atoms with E-state index >= 15 is 0 Å². The summed E-state index contributed by atoms with van der Waals surface area (Å²) in [6.45, 7) is 3.11. The van der Waals surface area contributed by atoms with E-state index < -0.39 is 12.0 Å². The Morgan fingerprint density at radius 1 is 1.47 bits per heavy atom. The number of benzene rings is 1. The lowest BCUT2D eigenvalue weighted by atomic mass is 9.93. The predicted octanol–water partition coefficient (Wildman–Crippen LogP) is 2.23. The van der Waals surface area contributed by atoms with Crippen molar-refractivity contribution in [1.82, 2.24) is 0 Å². The normalized spacial score (nSPS) is 15.3. The number of hydrogen-bond donors (Lipinski definition) is 2. The lowest BCUT2D eigenvalue weighted by Crippen LogP contribution is -2.45. The van der Waals surface area contributed by atoms with Crippen molar-refractivity contribution in [2.24, 2.45) is 5.73 Å². The molecule has 0 aliphatic rings. The van der Waals surface area contributed by atoms with E-state index in [-0.39, 0.29) is 12.2 Å². The summed E-state index contributed by atoms with van der Waals surface area (Å²) in [7, 11) is 0. The molecule has 0 heterocycles. The van der Waals surface area contributed by atoms with Crippen molar-refractivity contribution in [1.29, 1.82) is 0 Å². The van der Waals surface area contributed by atoms with Gasteiger partial charge in [-0.25, -0.2) is 8.78 Å². The summed E-state index contributed by atoms with van der Waals surface area (Å²) >= 11 is 0. The van der Waals surface area contributed by atoms with Crippen LogP contribution in [0.15, 0.2) is 18.2 Å². The van der Waals surface area contributed by atoms with Gasteiger partial charge in [-0.05, 0) is 31.9 Å². The van der Waals surface area contributed by atoms with E-state index in [1.165, 1.54) is 13.0 Å². The molecule has 3 N–H and O–H groups in total. The van der Waals surface area contributed by atoms with Gasteiger partial charge < -0.3 is 10.8 Å². The largest absolute Gasteiger partial charge is 0.508 e. The second kappa shape index (κ2) is 4.14. The molecule has 1 atom stereocenters. The highest BCUT2D eigenvalue weighted by atomic mass is 19.3. The van der Waals surface area contributed by atoms with Gasteiger partial charge in [0.2, 0.25) is 0 Å². The lowest BCUT2D eigenvalue weighted by Gasteiger charge is -2.24. The minimum absolute atomic E-state index is 0.0120. The van der Waals surface area contributed by atoms with Crippen molar-refractivity contribution in [3.05, 3.63) is 29.3 Å². The second-order valence-electron chi connectivity index (χ2n) is 4.12. The average molecular weight is 215 g/mol. The summed E-state index contributed by atoms with van der Waals surface area (Å²) in [6.07, 6.45) is -2.66. The summed E-state index contributed by atoms with van der Waals surface area (Å²) in [4.78, 5) is 0. The highest BCUT2D eigenvalue weighted by molar-refractivity contribution is 5.36. The first-order valence-electron chi connectivity index (χ1n) is 4.68. The van der Waals surface area contributed by atoms with Crippen LogP contribution in [0.4, 0.5) is 8.78 Å². The molecule has 84 valence electrons. The summed E-state index contributed by atoms with van der Waals surface area (Å²) in [5.74, 6) is 0.0120. The topological polar surface area (TPSA) is 46.2 Å². The Hall–Kier alpha value is -1.16. The predicted molar refractivity (Wildman–Crippen MR) is 55.1 cm³/mol. The lowest BCUT2D eigenvalue weighted by molar-refractivity contribution is 0.0636. The van der Waals surface area contributed by atoms with Crippen LogP contribution in [0, 0.1) is 6.92 Å². The van der Waals surface area contributed by atoms with Gasteiger partial charge >= 0.3 is 0 Å². The van der Waals surface area contributed by atoms with Gasteiger partial charge in [0.05, 0.1) is 5.54 Å². The third-order valence-electron chi connectivity index (χ3n) is 2.30. The Morgan fingerprint density at radius 2 is 2.07 bits per heavy atom. The van der Waals surface area contributed by atoms with Crippen LogP contribution in [-0.2, 0) is 6.42 Å². The molecule has 15 heavy (non-hydrogen) atoms. The van der Waals surface area contributed by atoms with Gasteiger partial charge in [0.15, 0.2) is 0 Å². The molecule has 4 heteroatoms. The van der Waals surface area contributed by atoms with Crippen LogP contribution in [0.5, 0.6) is 5.75 Å². The van der Waals surface area contributed by atoms with Crippen LogP contribution >= 0.6 is 0 Å². The van der Waals surface area contributed by atoms with Crippen molar-refractivity contribution < 1.29 is 13.9 Å². The highest BCUT2D eigenvalue weighted by Gasteiger charge is 2.31. The second-order valence-corrected chi connectivity index (χ2v) is 4.12. The molecular formula is C11H15F2NO. The number of nitrogens with two attached hydrogens (primary N) is 1. The van der Waals surface area contributed by atoms with Gasteiger partial charge in [-0.3, -0.25) is 0 Å². The SMILES string of the molecule is Cc1ccc(O)c(CC(C)(N)C(F)F)c1. The van der Waals surface area contributed by atoms with Crippen LogP contribution in [0.3, 0.4) is 0 Å². The third-order valence-corrected chi connectivity index (χ3v) is 2.30. The maximum Gasteiger partial charge on any atom is 0.256 e. The Morgan fingerprint density at radius 3 is 2.60 bits per heavy atom. The van der Waals surface area contributed by atoms with E-state index in [9.17, 15) is 13.9 Å². The smallest absolute Gasteiger partial charge is 0.256 e. The fourth-order valence-electron chi connectivity index (χ4n) is 1.34. The Balaban J connectivity index is 2.94. The fraction of sp³-hybridized carbons (Fsp3) is 0.455. The third kappa shape index (κ3) is 2.89. The van der Waals surface area contributed by atoms with Gasteiger partial charge in [0.1, 0.15) is 5.75 Å². The van der Waals surface area contributed by atoms with Crippen molar-refractivity contribution in [2.45, 2.75) is 32.2 Å². The van der Waals surface area contributed by atoms with Crippen molar-refractivity contribution >= 4 is 0 Å². The molecule has 1 aromatic rings. The minimum atomic E-state index is -2.61. The minimum Gasteiger partial charge on any atom is -0.508 e. The number of aromatic hydroxyl groups is 1. The van der Waals surface area contributed by atoms with Gasteiger partial charge in [-0.2, -0.15) is 0 Å². The van der Waals surface area contributed by atoms with Crippen LogP contribution in [0.25, 0.3) is 0 Å². The number of phenols is 1. The quantitative estimate of drug-likeness (QED) is 0.812. The van der Waals surface area contributed by atoms with Gasteiger partial charge in [0.25, 0.3) is 6.43 Å². The summed E-state index contributed by atoms with van der Waals surface area (Å²) in [5.41, 5.74) is 5.21. The zero-order valence-electron chi connectivity index (χ0n) is 8.80. The Bertz CT molecular complexity index is 350. The molecule has 0 saturated heterocycles. The van der Waals surface area contributed by atoms with Gasteiger partial charge in [-0.1, -0.05) is 17.7 Å². The van der Waals surface area contributed by atoms with Crippen molar-refractivity contribution in [3.63, 3.8) is 0 Å². The summed E-state index contributed by atoms with van der Waals surface area (Å²) in [5, 5.41) is 9.48. The van der Waals surface area contributed by atoms with Crippen LogP contribution < -0.4 is 5.73 Å². The molecule has 2 nitrogen and oxygen atoms in total. The van der Waals surface area contributed by atoms with Gasteiger partial charge in [0, 0.05) is 0 Å². The first kappa shape index (κ1) is 11.9. The van der Waals surface area contributed by atoms with Crippen LogP contribution in [0.1, 0.15) is 18.1 Å². The Labute approximate surface area is 87.7 Å². The van der Waals surface area contributed by atoms with E-state index in [1.54, 1.807) is 12.1 Å². The molecule has 1 aromatic carbocycles. The van der Waals surface area contributed by atoms with E-state index in [2.05, 4.69) is 0 Å². The molecule has 1 rings (SSSR count). The molecule has 0 fully saturated rings. The van der Waals surface area contributed by atoms with E-state index in [0.29, 0.717) is 5.56 Å². The average Bonchev–Trinajstić information content (AvgIpc) is 2.10. The number of aryl methyl sites for hydroxylation is 1. The first-order chi connectivity index (χ1) is 6.83. The van der Waals surface area contributed by atoms with Crippen molar-refractivity contribution in [2.75, 3.05) is 0 Å². The number of hydrogen-bond acceptors (Lipinski definition) is 2. The summed E-state index contributed by atoms with van der Waals surface area (Å²) in [6, 6.07) is 4.88. The molecule has 0 radical (unpaired) electrons. The zero-order chi connectivity index (χ0) is 11.6. The molecule has 1 unspecified atom stereocenters. The van der Waals surface area contributed by atoms with Crippen LogP contribution in [0.2, 0.25) is 0 Å². The standard InChI is InChI=1S/C11H15F2NO/c1-7-3-4-9(15)8(5-7)6-11(2,14)10(12)13/h3-5,10,15H,6,14H2,1-2H3. The molecule has 0 amide bonds. The van der Waals surface area contributed by atoms with E-state index in [4.69, 9.17) is 5.73 Å². The molecule has 0 aliphatic heterocycles. The number of phenolic OH excluding ortho intramolecular Hbond substituents is 1. The molecule has 0 spiro atoms. The molecule has 0 aromatic heterocycles. The fourth-order valence-corrected chi connectivity index (χ4v) is 1.34. The first-order valence-corrected chi connectivity index (χ1v) is 4.68. The maximum absolute atomic E-state index is 12.5. The molecular weight excluding hydrogens is 200 g/mol.